The highest BCUT2D eigenvalue weighted by molar-refractivity contribution is 9.10. The standard InChI is InChI=1S/C16H16BrN3O2/c17-9-4-5-13-12(6-9)15-14(8-18-13)19-16(22)20(15)10-2-1-3-11(21)7-10/h4-6,8,10-11,21H,1-3,7H2,(H,19,22). The fraction of sp³-hybridized carbons (Fsp3) is 0.375. The molecule has 2 unspecified atom stereocenters. The Morgan fingerprint density at radius 3 is 3.05 bits per heavy atom. The van der Waals surface area contributed by atoms with Crippen molar-refractivity contribution in [2.45, 2.75) is 37.8 Å². The third kappa shape index (κ3) is 2.18. The highest BCUT2D eigenvalue weighted by Crippen LogP contribution is 2.32. The molecule has 0 saturated heterocycles. The maximum atomic E-state index is 12.5. The Morgan fingerprint density at radius 1 is 1.36 bits per heavy atom. The van der Waals surface area contributed by atoms with Crippen molar-refractivity contribution in [3.05, 3.63) is 39.4 Å². The minimum absolute atomic E-state index is 0.0366. The van der Waals surface area contributed by atoms with Gasteiger partial charge in [-0.2, -0.15) is 0 Å². The summed E-state index contributed by atoms with van der Waals surface area (Å²) in [5.74, 6) is 0. The Morgan fingerprint density at radius 2 is 2.23 bits per heavy atom. The van der Waals surface area contributed by atoms with Crippen LogP contribution in [0.15, 0.2) is 33.7 Å². The third-order valence-electron chi connectivity index (χ3n) is 4.49. The number of aliphatic hydroxyl groups excluding tert-OH is 1. The number of aromatic amines is 1. The van der Waals surface area contributed by atoms with E-state index in [0.717, 1.165) is 45.7 Å². The monoisotopic (exact) mass is 361 g/mol. The number of halogens is 1. The number of H-pyrrole nitrogens is 1. The number of imidazole rings is 1. The molecule has 1 aliphatic carbocycles. The van der Waals surface area contributed by atoms with Gasteiger partial charge >= 0.3 is 5.69 Å². The molecule has 0 amide bonds. The smallest absolute Gasteiger partial charge is 0.326 e. The van der Waals surface area contributed by atoms with Gasteiger partial charge in [-0.3, -0.25) is 9.55 Å². The van der Waals surface area contributed by atoms with Crippen molar-refractivity contribution < 1.29 is 5.11 Å². The molecule has 0 radical (unpaired) electrons. The normalized spacial score (nSPS) is 22.5. The van der Waals surface area contributed by atoms with Gasteiger partial charge in [-0.15, -0.1) is 0 Å². The van der Waals surface area contributed by atoms with Crippen molar-refractivity contribution in [3.63, 3.8) is 0 Å². The lowest BCUT2D eigenvalue weighted by Crippen LogP contribution is -2.28. The van der Waals surface area contributed by atoms with E-state index in [4.69, 9.17) is 0 Å². The molecule has 1 fully saturated rings. The number of pyridine rings is 1. The summed E-state index contributed by atoms with van der Waals surface area (Å²) in [6, 6.07) is 5.92. The summed E-state index contributed by atoms with van der Waals surface area (Å²) in [7, 11) is 0. The van der Waals surface area contributed by atoms with Gasteiger partial charge in [0.1, 0.15) is 0 Å². The summed E-state index contributed by atoms with van der Waals surface area (Å²) in [6.07, 6.45) is 4.70. The van der Waals surface area contributed by atoms with Gasteiger partial charge in [0.05, 0.1) is 28.9 Å². The van der Waals surface area contributed by atoms with Gasteiger partial charge in [0.25, 0.3) is 0 Å². The molecule has 3 aromatic rings. The lowest BCUT2D eigenvalue weighted by molar-refractivity contribution is 0.104. The van der Waals surface area contributed by atoms with Crippen LogP contribution in [0.25, 0.3) is 21.9 Å². The van der Waals surface area contributed by atoms with Gasteiger partial charge in [0.15, 0.2) is 0 Å². The Bertz CT molecular complexity index is 915. The third-order valence-corrected chi connectivity index (χ3v) is 4.98. The summed E-state index contributed by atoms with van der Waals surface area (Å²) in [4.78, 5) is 19.8. The van der Waals surface area contributed by atoms with Gasteiger partial charge in [0.2, 0.25) is 0 Å². The van der Waals surface area contributed by atoms with E-state index in [9.17, 15) is 9.90 Å². The molecule has 0 spiro atoms. The summed E-state index contributed by atoms with van der Waals surface area (Å²) in [5, 5.41) is 10.9. The number of rotatable bonds is 1. The molecule has 1 aromatic carbocycles. The van der Waals surface area contributed by atoms with Crippen LogP contribution in [0.3, 0.4) is 0 Å². The zero-order valence-corrected chi connectivity index (χ0v) is 13.5. The number of fused-ring (bicyclic) bond motifs is 3. The number of nitrogens with zero attached hydrogens (tertiary/aromatic N) is 2. The summed E-state index contributed by atoms with van der Waals surface area (Å²) in [5.41, 5.74) is 2.37. The van der Waals surface area contributed by atoms with E-state index in [1.165, 1.54) is 0 Å². The van der Waals surface area contributed by atoms with Crippen LogP contribution in [0.2, 0.25) is 0 Å². The van der Waals surface area contributed by atoms with Crippen molar-refractivity contribution in [1.82, 2.24) is 14.5 Å². The zero-order chi connectivity index (χ0) is 15.3. The molecule has 5 nitrogen and oxygen atoms in total. The van der Waals surface area contributed by atoms with E-state index in [1.54, 1.807) is 6.20 Å². The Hall–Kier alpha value is -1.66. The topological polar surface area (TPSA) is 70.9 Å². The summed E-state index contributed by atoms with van der Waals surface area (Å²) in [6.45, 7) is 0. The maximum Gasteiger partial charge on any atom is 0.326 e. The Labute approximate surface area is 135 Å². The van der Waals surface area contributed by atoms with Crippen LogP contribution in [0.1, 0.15) is 31.7 Å². The minimum Gasteiger partial charge on any atom is -0.393 e. The number of aromatic nitrogens is 3. The van der Waals surface area contributed by atoms with Gasteiger partial charge in [-0.05, 0) is 43.9 Å². The lowest BCUT2D eigenvalue weighted by Gasteiger charge is -2.27. The largest absolute Gasteiger partial charge is 0.393 e. The second-order valence-electron chi connectivity index (χ2n) is 5.96. The molecule has 4 rings (SSSR count). The quantitative estimate of drug-likeness (QED) is 0.699. The van der Waals surface area contributed by atoms with E-state index in [-0.39, 0.29) is 17.8 Å². The van der Waals surface area contributed by atoms with E-state index in [1.807, 2.05) is 22.8 Å². The second-order valence-corrected chi connectivity index (χ2v) is 6.87. The average molecular weight is 362 g/mol. The molecule has 2 heterocycles. The average Bonchev–Trinajstić information content (AvgIpc) is 2.83. The molecule has 114 valence electrons. The van der Waals surface area contributed by atoms with Gasteiger partial charge in [0, 0.05) is 15.9 Å². The Balaban J connectivity index is 2.02. The van der Waals surface area contributed by atoms with Gasteiger partial charge in [-0.25, -0.2) is 4.79 Å². The van der Waals surface area contributed by atoms with E-state index in [0.29, 0.717) is 6.42 Å². The highest BCUT2D eigenvalue weighted by Gasteiger charge is 2.25. The van der Waals surface area contributed by atoms with E-state index < -0.39 is 0 Å². The van der Waals surface area contributed by atoms with Crippen molar-refractivity contribution in [2.24, 2.45) is 0 Å². The summed E-state index contributed by atoms with van der Waals surface area (Å²) >= 11 is 3.49. The van der Waals surface area contributed by atoms with Crippen molar-refractivity contribution in [2.75, 3.05) is 0 Å². The molecule has 6 heteroatoms. The minimum atomic E-state index is -0.324. The van der Waals surface area contributed by atoms with Crippen LogP contribution in [0.4, 0.5) is 0 Å². The fourth-order valence-electron chi connectivity index (χ4n) is 3.50. The van der Waals surface area contributed by atoms with Crippen molar-refractivity contribution in [1.29, 1.82) is 0 Å². The number of nitrogens with one attached hydrogen (secondary N) is 1. The first kappa shape index (κ1) is 14.0. The molecule has 2 atom stereocenters. The first-order valence-corrected chi connectivity index (χ1v) is 8.29. The van der Waals surface area contributed by atoms with Crippen LogP contribution < -0.4 is 5.69 Å². The van der Waals surface area contributed by atoms with Crippen molar-refractivity contribution >= 4 is 37.9 Å². The zero-order valence-electron chi connectivity index (χ0n) is 11.9. The Kier molecular flexibility index (Phi) is 3.31. The van der Waals surface area contributed by atoms with Gasteiger partial charge < -0.3 is 10.1 Å². The number of aliphatic hydroxyl groups is 1. The van der Waals surface area contributed by atoms with Crippen LogP contribution in [0, 0.1) is 0 Å². The molecule has 0 bridgehead atoms. The first-order valence-electron chi connectivity index (χ1n) is 7.50. The molecule has 2 aromatic heterocycles. The van der Waals surface area contributed by atoms with Gasteiger partial charge in [-0.1, -0.05) is 15.9 Å². The predicted molar refractivity (Wildman–Crippen MR) is 89.1 cm³/mol. The highest BCUT2D eigenvalue weighted by atomic mass is 79.9. The predicted octanol–water partition coefficient (Wildman–Crippen LogP) is 3.12. The molecule has 1 saturated carbocycles. The van der Waals surface area contributed by atoms with Crippen LogP contribution in [0.5, 0.6) is 0 Å². The molecule has 1 aliphatic rings. The summed E-state index contributed by atoms with van der Waals surface area (Å²) < 4.78 is 2.77. The first-order chi connectivity index (χ1) is 10.6. The van der Waals surface area contributed by atoms with Crippen LogP contribution >= 0.6 is 15.9 Å². The number of benzene rings is 1. The SMILES string of the molecule is O=c1[nH]c2cnc3ccc(Br)cc3c2n1C1CCCC(O)C1. The molecule has 22 heavy (non-hydrogen) atoms. The lowest BCUT2D eigenvalue weighted by atomic mass is 9.92. The second kappa shape index (κ2) is 5.21. The maximum absolute atomic E-state index is 12.5. The number of hydrogen-bond acceptors (Lipinski definition) is 3. The van der Waals surface area contributed by atoms with Crippen molar-refractivity contribution in [3.8, 4) is 0 Å². The van der Waals surface area contributed by atoms with Crippen LogP contribution in [-0.2, 0) is 0 Å². The van der Waals surface area contributed by atoms with E-state index >= 15 is 0 Å². The molecule has 0 aliphatic heterocycles. The molecular weight excluding hydrogens is 346 g/mol. The van der Waals surface area contributed by atoms with Crippen LogP contribution in [-0.4, -0.2) is 25.7 Å². The number of hydrogen-bond donors (Lipinski definition) is 2. The van der Waals surface area contributed by atoms with E-state index in [2.05, 4.69) is 25.9 Å². The molecular formula is C16H16BrN3O2. The molecule has 2 N–H and O–H groups in total. The fourth-order valence-corrected chi connectivity index (χ4v) is 3.86.